The van der Waals surface area contributed by atoms with Gasteiger partial charge in [-0.05, 0) is 61.2 Å². The molecule has 3 atom stereocenters. The topological polar surface area (TPSA) is 46.6 Å². The number of Topliss-reactive ketones (excluding diaryl/α,β-unsaturated/α-hetero) is 2. The summed E-state index contributed by atoms with van der Waals surface area (Å²) in [6.45, 7) is 5.79. The number of nitrogens with zero attached hydrogens (tertiary/aromatic N) is 1. The average Bonchev–Trinajstić information content (AvgIpc) is 3.05. The van der Waals surface area contributed by atoms with E-state index in [1.807, 2.05) is 32.9 Å². The maximum Gasteiger partial charge on any atom is 0.179 e. The SMILES string of the molecule is CCc1ccc(-c2ccc(Cl)cc2F)cc1C1C(=O)[C@@H]2[C@@H](ON(C)C2(C)C)C1=O. The Morgan fingerprint density at radius 3 is 2.48 bits per heavy atom. The predicted octanol–water partition coefficient (Wildman–Crippen LogP) is 4.58. The monoisotopic (exact) mass is 415 g/mol. The number of hydroxylamine groups is 2. The molecule has 1 aliphatic heterocycles. The van der Waals surface area contributed by atoms with Gasteiger partial charge in [0.1, 0.15) is 11.7 Å². The van der Waals surface area contributed by atoms with Gasteiger partial charge < -0.3 is 0 Å². The molecular weight excluding hydrogens is 393 g/mol. The number of hydrogen-bond acceptors (Lipinski definition) is 4. The molecule has 0 spiro atoms. The van der Waals surface area contributed by atoms with Crippen LogP contribution in [0, 0.1) is 11.7 Å². The Bertz CT molecular complexity index is 1020. The number of fused-ring (bicyclic) bond motifs is 1. The maximum atomic E-state index is 14.5. The molecule has 2 aromatic rings. The molecule has 29 heavy (non-hydrogen) atoms. The van der Waals surface area contributed by atoms with Gasteiger partial charge in [0.05, 0.1) is 11.5 Å². The standard InChI is InChI=1S/C23H23ClFNO3/c1-5-12-6-7-13(15-9-8-14(24)11-17(15)25)10-16(12)18-20(27)19-22(21(18)28)29-26(4)23(19,2)3/h6-11,18-19,22H,5H2,1-4H3/t18?,19-,22-/m1/s1. The Labute approximate surface area is 174 Å². The van der Waals surface area contributed by atoms with E-state index in [4.69, 9.17) is 16.4 Å². The molecule has 0 N–H and O–H groups in total. The Morgan fingerprint density at radius 2 is 1.86 bits per heavy atom. The van der Waals surface area contributed by atoms with Crippen molar-refractivity contribution in [2.45, 2.75) is 44.8 Å². The fourth-order valence-electron chi connectivity index (χ4n) is 4.51. The van der Waals surface area contributed by atoms with Crippen molar-refractivity contribution >= 4 is 23.2 Å². The lowest BCUT2D eigenvalue weighted by Crippen LogP contribution is -2.42. The van der Waals surface area contributed by atoms with E-state index in [9.17, 15) is 14.0 Å². The lowest BCUT2D eigenvalue weighted by molar-refractivity contribution is -0.171. The van der Waals surface area contributed by atoms with Crippen LogP contribution in [0.15, 0.2) is 36.4 Å². The Hall–Kier alpha value is -2.08. The highest BCUT2D eigenvalue weighted by Gasteiger charge is 2.62. The highest BCUT2D eigenvalue weighted by atomic mass is 35.5. The Kier molecular flexibility index (Phi) is 4.88. The number of benzene rings is 2. The third kappa shape index (κ3) is 3.03. The van der Waals surface area contributed by atoms with Crippen LogP contribution in [0.25, 0.3) is 11.1 Å². The van der Waals surface area contributed by atoms with Crippen LogP contribution in [-0.2, 0) is 20.8 Å². The molecule has 1 unspecified atom stereocenters. The van der Waals surface area contributed by atoms with Gasteiger partial charge in [-0.15, -0.1) is 0 Å². The second kappa shape index (κ2) is 7.01. The lowest BCUT2D eigenvalue weighted by atomic mass is 9.82. The number of hydrogen-bond donors (Lipinski definition) is 0. The van der Waals surface area contributed by atoms with Crippen LogP contribution in [0.1, 0.15) is 37.8 Å². The molecule has 1 heterocycles. The minimum absolute atomic E-state index is 0.127. The van der Waals surface area contributed by atoms with Gasteiger partial charge in [-0.25, -0.2) is 4.39 Å². The van der Waals surface area contributed by atoms with E-state index >= 15 is 0 Å². The highest BCUT2D eigenvalue weighted by molar-refractivity contribution is 6.30. The number of halogens is 2. The first kappa shape index (κ1) is 20.2. The van der Waals surface area contributed by atoms with Crippen LogP contribution < -0.4 is 0 Å². The van der Waals surface area contributed by atoms with Crippen molar-refractivity contribution in [3.05, 3.63) is 58.4 Å². The van der Waals surface area contributed by atoms with E-state index in [-0.39, 0.29) is 11.6 Å². The first-order valence-electron chi connectivity index (χ1n) is 9.73. The number of rotatable bonds is 3. The number of ketones is 2. The molecule has 0 radical (unpaired) electrons. The predicted molar refractivity (Wildman–Crippen MR) is 109 cm³/mol. The summed E-state index contributed by atoms with van der Waals surface area (Å²) in [5.74, 6) is -2.20. The summed E-state index contributed by atoms with van der Waals surface area (Å²) < 4.78 is 14.5. The van der Waals surface area contributed by atoms with E-state index in [0.29, 0.717) is 28.1 Å². The molecule has 0 aromatic heterocycles. The first-order chi connectivity index (χ1) is 13.7. The molecule has 2 aromatic carbocycles. The molecule has 1 saturated carbocycles. The zero-order chi connectivity index (χ0) is 21.1. The second-order valence-corrected chi connectivity index (χ2v) is 8.72. The van der Waals surface area contributed by atoms with Crippen molar-refractivity contribution < 1.29 is 18.8 Å². The fraction of sp³-hybridized carbons (Fsp3) is 0.391. The van der Waals surface area contributed by atoms with E-state index in [0.717, 1.165) is 5.56 Å². The largest absolute Gasteiger partial charge is 0.298 e. The van der Waals surface area contributed by atoms with E-state index in [2.05, 4.69) is 0 Å². The lowest BCUT2D eigenvalue weighted by Gasteiger charge is -2.29. The molecule has 4 rings (SSSR count). The van der Waals surface area contributed by atoms with Crippen molar-refractivity contribution in [2.24, 2.45) is 5.92 Å². The minimum Gasteiger partial charge on any atom is -0.298 e. The van der Waals surface area contributed by atoms with Crippen LogP contribution >= 0.6 is 11.6 Å². The third-order valence-electron chi connectivity index (χ3n) is 6.38. The zero-order valence-electron chi connectivity index (χ0n) is 16.8. The maximum absolute atomic E-state index is 14.5. The van der Waals surface area contributed by atoms with Gasteiger partial charge in [0.15, 0.2) is 17.7 Å². The summed E-state index contributed by atoms with van der Waals surface area (Å²) in [7, 11) is 1.75. The van der Waals surface area contributed by atoms with E-state index < -0.39 is 29.3 Å². The summed E-state index contributed by atoms with van der Waals surface area (Å²) in [6.07, 6.45) is -0.108. The smallest absolute Gasteiger partial charge is 0.179 e. The molecule has 4 nitrogen and oxygen atoms in total. The van der Waals surface area contributed by atoms with Crippen molar-refractivity contribution in [2.75, 3.05) is 7.05 Å². The highest BCUT2D eigenvalue weighted by Crippen LogP contribution is 2.47. The zero-order valence-corrected chi connectivity index (χ0v) is 17.6. The van der Waals surface area contributed by atoms with Crippen molar-refractivity contribution in [3.8, 4) is 11.1 Å². The van der Waals surface area contributed by atoms with Gasteiger partial charge in [-0.1, -0.05) is 30.7 Å². The van der Waals surface area contributed by atoms with Gasteiger partial charge in [0, 0.05) is 17.6 Å². The van der Waals surface area contributed by atoms with Crippen LogP contribution in [0.4, 0.5) is 4.39 Å². The molecule has 6 heteroatoms. The number of carbonyl (C=O) groups excluding carboxylic acids is 2. The van der Waals surface area contributed by atoms with E-state index in [1.54, 1.807) is 30.3 Å². The van der Waals surface area contributed by atoms with Crippen molar-refractivity contribution in [3.63, 3.8) is 0 Å². The molecular formula is C23H23ClFNO3. The Balaban J connectivity index is 1.81. The van der Waals surface area contributed by atoms with Crippen LogP contribution in [-0.4, -0.2) is 35.3 Å². The average molecular weight is 416 g/mol. The van der Waals surface area contributed by atoms with Gasteiger partial charge in [0.25, 0.3) is 0 Å². The molecule has 2 aliphatic rings. The molecule has 0 amide bonds. The van der Waals surface area contributed by atoms with Crippen LogP contribution in [0.3, 0.4) is 0 Å². The molecule has 2 fully saturated rings. The van der Waals surface area contributed by atoms with Crippen LogP contribution in [0.5, 0.6) is 0 Å². The van der Waals surface area contributed by atoms with Gasteiger partial charge >= 0.3 is 0 Å². The summed E-state index contributed by atoms with van der Waals surface area (Å²) in [6, 6.07) is 9.93. The summed E-state index contributed by atoms with van der Waals surface area (Å²) in [4.78, 5) is 32.3. The molecule has 0 bridgehead atoms. The second-order valence-electron chi connectivity index (χ2n) is 8.28. The van der Waals surface area contributed by atoms with Crippen LogP contribution in [0.2, 0.25) is 5.02 Å². The minimum atomic E-state index is -0.886. The molecule has 1 saturated heterocycles. The molecule has 1 aliphatic carbocycles. The fourth-order valence-corrected chi connectivity index (χ4v) is 4.67. The molecule has 152 valence electrons. The Morgan fingerprint density at radius 1 is 1.14 bits per heavy atom. The van der Waals surface area contributed by atoms with Gasteiger partial charge in [0.2, 0.25) is 0 Å². The van der Waals surface area contributed by atoms with Crippen molar-refractivity contribution in [1.29, 1.82) is 0 Å². The quantitative estimate of drug-likeness (QED) is 0.688. The number of carbonyl (C=O) groups is 2. The first-order valence-corrected chi connectivity index (χ1v) is 10.1. The summed E-state index contributed by atoms with van der Waals surface area (Å²) >= 11 is 5.87. The van der Waals surface area contributed by atoms with Gasteiger partial charge in [-0.2, -0.15) is 5.06 Å². The van der Waals surface area contributed by atoms with Crippen molar-refractivity contribution in [1.82, 2.24) is 5.06 Å². The third-order valence-corrected chi connectivity index (χ3v) is 6.62. The number of aryl methyl sites for hydroxylation is 1. The summed E-state index contributed by atoms with van der Waals surface area (Å²) in [5.41, 5.74) is 1.97. The summed E-state index contributed by atoms with van der Waals surface area (Å²) in [5, 5.41) is 1.92. The normalized spacial score (nSPS) is 26.2. The van der Waals surface area contributed by atoms with Gasteiger partial charge in [-0.3, -0.25) is 14.4 Å². The van der Waals surface area contributed by atoms with E-state index in [1.165, 1.54) is 6.07 Å².